The molecule has 3 aromatic rings. The number of para-hydroxylation sites is 1. The van der Waals surface area contributed by atoms with Gasteiger partial charge in [0.1, 0.15) is 6.33 Å². The highest BCUT2D eigenvalue weighted by molar-refractivity contribution is 5.99. The van der Waals surface area contributed by atoms with Crippen LogP contribution in [0.4, 0.5) is 0 Å². The van der Waals surface area contributed by atoms with Crippen molar-refractivity contribution < 1.29 is 9.53 Å². The second-order valence-electron chi connectivity index (χ2n) is 6.02. The fraction of sp³-hybridized carbons (Fsp3) is 0.250. The Labute approximate surface area is 141 Å². The molecule has 0 fully saturated rings. The first-order valence-electron chi connectivity index (χ1n) is 7.92. The zero-order chi connectivity index (χ0) is 17.3. The van der Waals surface area contributed by atoms with E-state index in [1.807, 2.05) is 51.1 Å². The van der Waals surface area contributed by atoms with Crippen LogP contribution in [0.5, 0.6) is 5.88 Å². The molecule has 0 atom stereocenters. The molecule has 0 radical (unpaired) electrons. The number of ether oxygens (including phenoxy) is 1. The third kappa shape index (κ3) is 2.87. The molecule has 2 aromatic carbocycles. The number of fused-ring (bicyclic) bond motifs is 1. The normalized spacial score (nSPS) is 10.8. The first kappa shape index (κ1) is 16.1. The van der Waals surface area contributed by atoms with Crippen LogP contribution in [0.1, 0.15) is 32.6 Å². The second kappa shape index (κ2) is 6.40. The van der Waals surface area contributed by atoms with E-state index in [0.29, 0.717) is 11.4 Å². The molecule has 0 aliphatic rings. The summed E-state index contributed by atoms with van der Waals surface area (Å²) in [7, 11) is 0. The molecule has 0 amide bonds. The van der Waals surface area contributed by atoms with Crippen LogP contribution in [0.15, 0.2) is 36.7 Å². The van der Waals surface area contributed by atoms with Crippen LogP contribution in [0, 0.1) is 27.7 Å². The van der Waals surface area contributed by atoms with E-state index >= 15 is 0 Å². The molecule has 3 rings (SSSR count). The molecule has 0 unspecified atom stereocenters. The number of carbonyl (C=O) groups is 1. The predicted octanol–water partition coefficient (Wildman–Crippen LogP) is 4.13. The maximum absolute atomic E-state index is 12.6. The summed E-state index contributed by atoms with van der Waals surface area (Å²) in [4.78, 5) is 21.0. The summed E-state index contributed by atoms with van der Waals surface area (Å²) < 4.78 is 5.70. The number of benzene rings is 2. The van der Waals surface area contributed by atoms with E-state index in [1.165, 1.54) is 11.9 Å². The van der Waals surface area contributed by atoms with Gasteiger partial charge in [0.15, 0.2) is 6.61 Å². The average molecular weight is 320 g/mol. The van der Waals surface area contributed by atoms with E-state index in [-0.39, 0.29) is 12.4 Å². The van der Waals surface area contributed by atoms with E-state index in [2.05, 4.69) is 16.9 Å². The minimum absolute atomic E-state index is 0.0379. The van der Waals surface area contributed by atoms with Crippen LogP contribution in [-0.2, 0) is 0 Å². The molecule has 1 aromatic heterocycles. The summed E-state index contributed by atoms with van der Waals surface area (Å²) >= 11 is 0. The lowest BCUT2D eigenvalue weighted by Crippen LogP contribution is -2.15. The summed E-state index contributed by atoms with van der Waals surface area (Å²) in [6.45, 7) is 8.10. The largest absolute Gasteiger partial charge is 0.469 e. The van der Waals surface area contributed by atoms with E-state index in [9.17, 15) is 4.79 Å². The molecule has 4 nitrogen and oxygen atoms in total. The predicted molar refractivity (Wildman–Crippen MR) is 94.8 cm³/mol. The van der Waals surface area contributed by atoms with Gasteiger partial charge in [-0.2, -0.15) is 0 Å². The summed E-state index contributed by atoms with van der Waals surface area (Å²) in [6, 6.07) is 9.53. The number of nitrogens with zero attached hydrogens (tertiary/aromatic N) is 2. The maximum Gasteiger partial charge on any atom is 0.224 e. The molecule has 0 aliphatic heterocycles. The molecule has 0 aliphatic carbocycles. The molecule has 24 heavy (non-hydrogen) atoms. The van der Waals surface area contributed by atoms with Crippen molar-refractivity contribution in [3.05, 3.63) is 64.5 Å². The van der Waals surface area contributed by atoms with Crippen molar-refractivity contribution in [2.24, 2.45) is 0 Å². The average Bonchev–Trinajstić information content (AvgIpc) is 2.60. The number of aromatic nitrogens is 2. The Morgan fingerprint density at radius 1 is 1.00 bits per heavy atom. The Hall–Kier alpha value is -2.75. The highest BCUT2D eigenvalue weighted by Crippen LogP contribution is 2.23. The van der Waals surface area contributed by atoms with E-state index < -0.39 is 0 Å². The summed E-state index contributed by atoms with van der Waals surface area (Å²) in [5.74, 6) is 0.397. The van der Waals surface area contributed by atoms with Gasteiger partial charge in [-0.15, -0.1) is 0 Å². The number of Topliss-reactive ketones (excluding diaryl/α,β-unsaturated/α-hetero) is 1. The Kier molecular flexibility index (Phi) is 4.30. The van der Waals surface area contributed by atoms with Crippen LogP contribution in [0.3, 0.4) is 0 Å². The lowest BCUT2D eigenvalue weighted by molar-refractivity contribution is 0.0918. The second-order valence-corrected chi connectivity index (χ2v) is 6.02. The fourth-order valence-corrected chi connectivity index (χ4v) is 2.81. The van der Waals surface area contributed by atoms with Crippen LogP contribution in [-0.4, -0.2) is 22.4 Å². The van der Waals surface area contributed by atoms with Gasteiger partial charge in [-0.25, -0.2) is 9.97 Å². The summed E-state index contributed by atoms with van der Waals surface area (Å²) in [6.07, 6.45) is 1.45. The van der Waals surface area contributed by atoms with Crippen molar-refractivity contribution in [3.8, 4) is 5.88 Å². The van der Waals surface area contributed by atoms with Gasteiger partial charge < -0.3 is 4.74 Å². The van der Waals surface area contributed by atoms with Gasteiger partial charge in [0.25, 0.3) is 0 Å². The van der Waals surface area contributed by atoms with Crippen molar-refractivity contribution >= 4 is 16.7 Å². The van der Waals surface area contributed by atoms with Crippen LogP contribution < -0.4 is 4.74 Å². The Morgan fingerprint density at radius 2 is 1.75 bits per heavy atom. The zero-order valence-electron chi connectivity index (χ0n) is 14.4. The number of rotatable bonds is 4. The Morgan fingerprint density at radius 3 is 2.54 bits per heavy atom. The Bertz CT molecular complexity index is 927. The number of hydrogen-bond acceptors (Lipinski definition) is 4. The SMILES string of the molecule is Cc1cc(C(=O)COc2ncnc3ccccc23)c(C)c(C)c1C. The van der Waals surface area contributed by atoms with E-state index in [1.54, 1.807) is 0 Å². The molecular formula is C20H20N2O2. The number of aryl methyl sites for hydroxylation is 1. The summed E-state index contributed by atoms with van der Waals surface area (Å²) in [5.41, 5.74) is 6.04. The number of carbonyl (C=O) groups excluding carboxylic acids is 1. The minimum Gasteiger partial charge on any atom is -0.469 e. The smallest absolute Gasteiger partial charge is 0.224 e. The van der Waals surface area contributed by atoms with Crippen molar-refractivity contribution in [1.82, 2.24) is 9.97 Å². The van der Waals surface area contributed by atoms with Crippen LogP contribution >= 0.6 is 0 Å². The van der Waals surface area contributed by atoms with Gasteiger partial charge in [-0.05, 0) is 68.1 Å². The third-order valence-corrected chi connectivity index (χ3v) is 4.63. The van der Waals surface area contributed by atoms with Gasteiger partial charge >= 0.3 is 0 Å². The number of hydrogen-bond donors (Lipinski definition) is 0. The van der Waals surface area contributed by atoms with Gasteiger partial charge in [0, 0.05) is 5.56 Å². The highest BCUT2D eigenvalue weighted by atomic mass is 16.5. The molecule has 0 saturated heterocycles. The maximum atomic E-state index is 12.6. The monoisotopic (exact) mass is 320 g/mol. The van der Waals surface area contributed by atoms with Crippen molar-refractivity contribution in [2.75, 3.05) is 6.61 Å². The first-order chi connectivity index (χ1) is 11.5. The lowest BCUT2D eigenvalue weighted by atomic mass is 9.93. The quantitative estimate of drug-likeness (QED) is 0.678. The van der Waals surface area contributed by atoms with E-state index in [0.717, 1.165) is 27.6 Å². The third-order valence-electron chi connectivity index (χ3n) is 4.63. The topological polar surface area (TPSA) is 52.1 Å². The molecule has 0 N–H and O–H groups in total. The molecule has 4 heteroatoms. The van der Waals surface area contributed by atoms with E-state index in [4.69, 9.17) is 4.74 Å². The standard InChI is InChI=1S/C20H20N2O2/c1-12-9-17(15(4)14(3)13(12)2)19(23)10-24-20-16-7-5-6-8-18(16)21-11-22-20/h5-9,11H,10H2,1-4H3. The van der Waals surface area contributed by atoms with Crippen molar-refractivity contribution in [3.63, 3.8) is 0 Å². The summed E-state index contributed by atoms with van der Waals surface area (Å²) in [5, 5.41) is 0.806. The molecule has 1 heterocycles. The molecule has 0 spiro atoms. The number of ketones is 1. The molecular weight excluding hydrogens is 300 g/mol. The zero-order valence-corrected chi connectivity index (χ0v) is 14.4. The van der Waals surface area contributed by atoms with Crippen LogP contribution in [0.2, 0.25) is 0 Å². The van der Waals surface area contributed by atoms with Crippen molar-refractivity contribution in [2.45, 2.75) is 27.7 Å². The highest BCUT2D eigenvalue weighted by Gasteiger charge is 2.15. The van der Waals surface area contributed by atoms with Crippen molar-refractivity contribution in [1.29, 1.82) is 0 Å². The lowest BCUT2D eigenvalue weighted by Gasteiger charge is -2.14. The fourth-order valence-electron chi connectivity index (χ4n) is 2.81. The first-order valence-corrected chi connectivity index (χ1v) is 7.92. The van der Waals surface area contributed by atoms with Gasteiger partial charge in [-0.3, -0.25) is 4.79 Å². The molecule has 122 valence electrons. The van der Waals surface area contributed by atoms with Gasteiger partial charge in [0.05, 0.1) is 10.9 Å². The van der Waals surface area contributed by atoms with Gasteiger partial charge in [0.2, 0.25) is 11.7 Å². The van der Waals surface area contributed by atoms with Gasteiger partial charge in [-0.1, -0.05) is 12.1 Å². The minimum atomic E-state index is -0.0404. The molecule has 0 bridgehead atoms. The Balaban J connectivity index is 1.86. The van der Waals surface area contributed by atoms with Crippen LogP contribution in [0.25, 0.3) is 10.9 Å². The molecule has 0 saturated carbocycles.